The molecule has 1 rings (SSSR count). The molecule has 4 nitrogen and oxygen atoms in total. The monoisotopic (exact) mass is 260 g/mol. The second kappa shape index (κ2) is 5.95. The Balaban J connectivity index is 2.49. The minimum Gasteiger partial charge on any atom is -0.378 e. The quantitative estimate of drug-likeness (QED) is 0.789. The van der Waals surface area contributed by atoms with E-state index in [2.05, 4.69) is 15.9 Å². The molecule has 1 heterocycles. The zero-order valence-electron chi connectivity index (χ0n) is 7.78. The van der Waals surface area contributed by atoms with Crippen molar-refractivity contribution >= 4 is 15.9 Å². The van der Waals surface area contributed by atoms with Crippen molar-refractivity contribution in [2.45, 2.75) is 6.54 Å². The zero-order valence-corrected chi connectivity index (χ0v) is 9.37. The lowest BCUT2D eigenvalue weighted by molar-refractivity contribution is 0.132. The number of nitrogens with zero attached hydrogens (tertiary/aromatic N) is 1. The molecule has 0 radical (unpaired) electrons. The Morgan fingerprint density at radius 3 is 2.93 bits per heavy atom. The Labute approximate surface area is 90.8 Å². The summed E-state index contributed by atoms with van der Waals surface area (Å²) < 4.78 is 7.66. The van der Waals surface area contributed by atoms with Gasteiger partial charge in [0.05, 0.1) is 13.2 Å². The highest BCUT2D eigenvalue weighted by Gasteiger charge is 1.96. The topological polar surface area (TPSA) is 57.2 Å². The van der Waals surface area contributed by atoms with Crippen molar-refractivity contribution in [1.29, 1.82) is 0 Å². The third kappa shape index (κ3) is 3.61. The van der Waals surface area contributed by atoms with Crippen LogP contribution >= 0.6 is 15.9 Å². The van der Waals surface area contributed by atoms with Crippen LogP contribution in [0.3, 0.4) is 0 Å². The molecule has 0 fully saturated rings. The van der Waals surface area contributed by atoms with Gasteiger partial charge in [0.1, 0.15) is 0 Å². The maximum atomic E-state index is 11.3. The number of aromatic nitrogens is 1. The van der Waals surface area contributed by atoms with E-state index in [4.69, 9.17) is 10.5 Å². The highest BCUT2D eigenvalue weighted by Crippen LogP contribution is 2.04. The Hall–Kier alpha value is -0.650. The van der Waals surface area contributed by atoms with Gasteiger partial charge in [0.2, 0.25) is 0 Å². The SMILES string of the molecule is NCCOCCn1cc(Br)ccc1=O. The van der Waals surface area contributed by atoms with Crippen molar-refractivity contribution in [3.8, 4) is 0 Å². The van der Waals surface area contributed by atoms with E-state index in [1.165, 1.54) is 6.07 Å². The average Bonchev–Trinajstić information content (AvgIpc) is 2.18. The van der Waals surface area contributed by atoms with Gasteiger partial charge in [-0.05, 0) is 22.0 Å². The Kier molecular flexibility index (Phi) is 4.86. The van der Waals surface area contributed by atoms with Gasteiger partial charge in [0.15, 0.2) is 0 Å². The summed E-state index contributed by atoms with van der Waals surface area (Å²) >= 11 is 3.30. The van der Waals surface area contributed by atoms with Gasteiger partial charge >= 0.3 is 0 Å². The summed E-state index contributed by atoms with van der Waals surface area (Å²) in [5.41, 5.74) is 5.24. The molecule has 0 spiro atoms. The fourth-order valence-corrected chi connectivity index (χ4v) is 1.40. The van der Waals surface area contributed by atoms with Gasteiger partial charge in [-0.25, -0.2) is 0 Å². The van der Waals surface area contributed by atoms with E-state index >= 15 is 0 Å². The van der Waals surface area contributed by atoms with Crippen molar-refractivity contribution in [1.82, 2.24) is 4.57 Å². The first-order valence-electron chi connectivity index (χ1n) is 4.38. The minimum atomic E-state index is -0.0236. The second-order valence-electron chi connectivity index (χ2n) is 2.78. The van der Waals surface area contributed by atoms with Crippen molar-refractivity contribution in [3.05, 3.63) is 33.2 Å². The normalized spacial score (nSPS) is 10.4. The third-order valence-corrected chi connectivity index (χ3v) is 2.16. The van der Waals surface area contributed by atoms with E-state index < -0.39 is 0 Å². The first-order valence-corrected chi connectivity index (χ1v) is 5.17. The molecule has 2 N–H and O–H groups in total. The molecule has 0 atom stereocenters. The number of pyridine rings is 1. The lowest BCUT2D eigenvalue weighted by Crippen LogP contribution is -2.21. The van der Waals surface area contributed by atoms with Gasteiger partial charge in [-0.15, -0.1) is 0 Å². The smallest absolute Gasteiger partial charge is 0.250 e. The van der Waals surface area contributed by atoms with Gasteiger partial charge < -0.3 is 15.0 Å². The lowest BCUT2D eigenvalue weighted by atomic mass is 10.4. The maximum absolute atomic E-state index is 11.3. The Morgan fingerprint density at radius 1 is 1.43 bits per heavy atom. The van der Waals surface area contributed by atoms with Gasteiger partial charge in [-0.1, -0.05) is 0 Å². The number of hydrogen-bond donors (Lipinski definition) is 1. The van der Waals surface area contributed by atoms with Crippen molar-refractivity contribution in [2.24, 2.45) is 5.73 Å². The molecule has 1 aromatic heterocycles. The maximum Gasteiger partial charge on any atom is 0.250 e. The van der Waals surface area contributed by atoms with Crippen LogP contribution in [0.25, 0.3) is 0 Å². The molecule has 0 unspecified atom stereocenters. The van der Waals surface area contributed by atoms with E-state index in [0.717, 1.165) is 4.47 Å². The average molecular weight is 261 g/mol. The number of nitrogens with two attached hydrogens (primary N) is 1. The molecule has 0 aliphatic heterocycles. The van der Waals surface area contributed by atoms with Crippen LogP contribution in [0.4, 0.5) is 0 Å². The number of rotatable bonds is 5. The van der Waals surface area contributed by atoms with Crippen LogP contribution < -0.4 is 11.3 Å². The Bertz CT molecular complexity index is 338. The molecule has 0 amide bonds. The molecule has 78 valence electrons. The van der Waals surface area contributed by atoms with Crippen LogP contribution in [0.1, 0.15) is 0 Å². The van der Waals surface area contributed by atoms with Crippen LogP contribution in [0.2, 0.25) is 0 Å². The summed E-state index contributed by atoms with van der Waals surface area (Å²) in [5.74, 6) is 0. The van der Waals surface area contributed by atoms with Crippen LogP contribution in [-0.2, 0) is 11.3 Å². The molecule has 5 heteroatoms. The molecule has 0 bridgehead atoms. The summed E-state index contributed by atoms with van der Waals surface area (Å²) in [6.07, 6.45) is 1.74. The number of halogens is 1. The molecule has 1 aromatic rings. The fraction of sp³-hybridized carbons (Fsp3) is 0.444. The van der Waals surface area contributed by atoms with Gasteiger partial charge in [-0.2, -0.15) is 0 Å². The highest BCUT2D eigenvalue weighted by molar-refractivity contribution is 9.10. The van der Waals surface area contributed by atoms with E-state index in [1.54, 1.807) is 16.8 Å². The van der Waals surface area contributed by atoms with E-state index in [1.807, 2.05) is 0 Å². The van der Waals surface area contributed by atoms with Crippen LogP contribution in [0.5, 0.6) is 0 Å². The summed E-state index contributed by atoms with van der Waals surface area (Å²) in [5, 5.41) is 0. The number of ether oxygens (including phenoxy) is 1. The predicted octanol–water partition coefficient (Wildman–Crippen LogP) is 0.586. The van der Waals surface area contributed by atoms with Gasteiger partial charge in [-0.3, -0.25) is 4.79 Å². The molecular weight excluding hydrogens is 248 g/mol. The molecule has 0 aromatic carbocycles. The molecule has 0 aliphatic carbocycles. The summed E-state index contributed by atoms with van der Waals surface area (Å²) in [7, 11) is 0. The van der Waals surface area contributed by atoms with Crippen LogP contribution in [-0.4, -0.2) is 24.3 Å². The van der Waals surface area contributed by atoms with Gasteiger partial charge in [0.25, 0.3) is 5.56 Å². The van der Waals surface area contributed by atoms with E-state index in [-0.39, 0.29) is 5.56 Å². The van der Waals surface area contributed by atoms with E-state index in [9.17, 15) is 4.79 Å². The van der Waals surface area contributed by atoms with Crippen molar-refractivity contribution in [3.63, 3.8) is 0 Å². The Morgan fingerprint density at radius 2 is 2.21 bits per heavy atom. The summed E-state index contributed by atoms with van der Waals surface area (Å²) in [6, 6.07) is 3.24. The molecular formula is C9H13BrN2O2. The number of hydrogen-bond acceptors (Lipinski definition) is 3. The van der Waals surface area contributed by atoms with Crippen LogP contribution in [0, 0.1) is 0 Å². The third-order valence-electron chi connectivity index (χ3n) is 1.69. The summed E-state index contributed by atoms with van der Waals surface area (Å²) in [6.45, 7) is 2.10. The second-order valence-corrected chi connectivity index (χ2v) is 3.70. The van der Waals surface area contributed by atoms with Crippen molar-refractivity contribution < 1.29 is 4.74 Å². The van der Waals surface area contributed by atoms with Crippen molar-refractivity contribution in [2.75, 3.05) is 19.8 Å². The molecule has 0 aliphatic rings. The van der Waals surface area contributed by atoms with E-state index in [0.29, 0.717) is 26.3 Å². The standard InChI is InChI=1S/C9H13BrN2O2/c10-8-1-2-9(13)12(7-8)4-6-14-5-3-11/h1-2,7H,3-6,11H2. The lowest BCUT2D eigenvalue weighted by Gasteiger charge is -2.05. The fourth-order valence-electron chi connectivity index (χ4n) is 1.03. The predicted molar refractivity (Wildman–Crippen MR) is 58.3 cm³/mol. The molecule has 0 saturated heterocycles. The molecule has 0 saturated carbocycles. The summed E-state index contributed by atoms with van der Waals surface area (Å²) in [4.78, 5) is 11.3. The highest BCUT2D eigenvalue weighted by atomic mass is 79.9. The first kappa shape index (κ1) is 11.4. The zero-order chi connectivity index (χ0) is 10.4. The largest absolute Gasteiger partial charge is 0.378 e. The van der Waals surface area contributed by atoms with Crippen LogP contribution in [0.15, 0.2) is 27.6 Å². The first-order chi connectivity index (χ1) is 6.74. The minimum absolute atomic E-state index is 0.0236. The molecule has 14 heavy (non-hydrogen) atoms. The van der Waals surface area contributed by atoms with Gasteiger partial charge in [0, 0.05) is 29.8 Å².